The smallest absolute Gasteiger partial charge is 0.243 e. The number of halogens is 2. The van der Waals surface area contributed by atoms with Crippen molar-refractivity contribution < 1.29 is 22.4 Å². The van der Waals surface area contributed by atoms with Crippen molar-refractivity contribution in [2.45, 2.75) is 58.2 Å². The second-order valence-electron chi connectivity index (χ2n) is 10.1. The molecule has 0 radical (unpaired) electrons. The van der Waals surface area contributed by atoms with Gasteiger partial charge in [0, 0.05) is 37.0 Å². The minimum atomic E-state index is -3.62. The van der Waals surface area contributed by atoms with Crippen molar-refractivity contribution in [3.8, 4) is 0 Å². The van der Waals surface area contributed by atoms with Crippen molar-refractivity contribution >= 4 is 39.1 Å². The molecule has 0 spiro atoms. The van der Waals surface area contributed by atoms with Gasteiger partial charge in [-0.1, -0.05) is 61.0 Å². The Kier molecular flexibility index (Phi) is 11.7. The van der Waals surface area contributed by atoms with Crippen LogP contribution in [0.5, 0.6) is 0 Å². The topological polar surface area (TPSA) is 86.8 Å². The monoisotopic (exact) mass is 601 g/mol. The normalized spacial score (nSPS) is 12.8. The summed E-state index contributed by atoms with van der Waals surface area (Å²) in [6.07, 6.45) is 2.35. The Bertz CT molecular complexity index is 1390. The first-order valence-electron chi connectivity index (χ1n) is 13.6. The predicted molar refractivity (Wildman–Crippen MR) is 162 cm³/mol. The first-order valence-corrected chi connectivity index (χ1v) is 15.8. The Morgan fingerprint density at radius 2 is 1.59 bits per heavy atom. The summed E-state index contributed by atoms with van der Waals surface area (Å²) in [5.41, 5.74) is 2.01. The summed E-state index contributed by atoms with van der Waals surface area (Å²) in [6, 6.07) is 20.8. The van der Waals surface area contributed by atoms with E-state index in [4.69, 9.17) is 11.6 Å². The van der Waals surface area contributed by atoms with Gasteiger partial charge in [-0.25, -0.2) is 12.8 Å². The molecule has 220 valence electrons. The average molecular weight is 602 g/mol. The van der Waals surface area contributed by atoms with E-state index in [1.165, 1.54) is 21.3 Å². The van der Waals surface area contributed by atoms with Crippen molar-refractivity contribution in [3.63, 3.8) is 0 Å². The van der Waals surface area contributed by atoms with Crippen molar-refractivity contribution in [3.05, 3.63) is 101 Å². The maximum absolute atomic E-state index is 13.8. The number of carbonyl (C=O) groups excluding carboxylic acids is 2. The van der Waals surface area contributed by atoms with Gasteiger partial charge in [0.25, 0.3) is 0 Å². The maximum Gasteiger partial charge on any atom is 0.243 e. The molecular weight excluding hydrogens is 565 g/mol. The first kappa shape index (κ1) is 32.1. The van der Waals surface area contributed by atoms with Crippen molar-refractivity contribution in [2.75, 3.05) is 17.1 Å². The third-order valence-corrected chi connectivity index (χ3v) is 8.25. The van der Waals surface area contributed by atoms with Crippen LogP contribution in [-0.4, -0.2) is 50.0 Å². The highest BCUT2D eigenvalue weighted by Crippen LogP contribution is 2.22. The molecule has 0 heterocycles. The molecule has 7 nitrogen and oxygen atoms in total. The Morgan fingerprint density at radius 1 is 0.951 bits per heavy atom. The zero-order chi connectivity index (χ0) is 30.0. The van der Waals surface area contributed by atoms with Crippen LogP contribution in [0.3, 0.4) is 0 Å². The van der Waals surface area contributed by atoms with Crippen LogP contribution in [0, 0.1) is 5.82 Å². The van der Waals surface area contributed by atoms with E-state index in [-0.39, 0.29) is 50.2 Å². The van der Waals surface area contributed by atoms with E-state index in [2.05, 4.69) is 5.32 Å². The van der Waals surface area contributed by atoms with E-state index < -0.39 is 21.9 Å². The second kappa shape index (κ2) is 15.0. The highest BCUT2D eigenvalue weighted by molar-refractivity contribution is 7.92. The van der Waals surface area contributed by atoms with E-state index in [1.54, 1.807) is 36.4 Å². The number of nitrogens with zero attached hydrogens (tertiary/aromatic N) is 2. The molecule has 0 fully saturated rings. The van der Waals surface area contributed by atoms with Gasteiger partial charge < -0.3 is 10.2 Å². The van der Waals surface area contributed by atoms with Gasteiger partial charge in [0.05, 0.1) is 11.9 Å². The molecule has 3 aromatic rings. The summed E-state index contributed by atoms with van der Waals surface area (Å²) in [4.78, 5) is 28.9. The van der Waals surface area contributed by atoms with E-state index in [0.717, 1.165) is 18.2 Å². The molecular formula is C31H37ClFN3O4S. The predicted octanol–water partition coefficient (Wildman–Crippen LogP) is 5.58. The summed E-state index contributed by atoms with van der Waals surface area (Å²) in [7, 11) is -3.62. The Hall–Kier alpha value is -3.43. The molecule has 0 saturated carbocycles. The Balaban J connectivity index is 1.88. The molecule has 1 N–H and O–H groups in total. The third-order valence-electron chi connectivity index (χ3n) is 6.81. The van der Waals surface area contributed by atoms with E-state index in [1.807, 2.05) is 44.2 Å². The second-order valence-corrected chi connectivity index (χ2v) is 12.4. The molecule has 3 aromatic carbocycles. The molecule has 41 heavy (non-hydrogen) atoms. The summed E-state index contributed by atoms with van der Waals surface area (Å²) >= 11 is 5.97. The molecule has 2 atom stereocenters. The molecule has 2 amide bonds. The molecule has 0 aliphatic carbocycles. The van der Waals surface area contributed by atoms with Crippen LogP contribution in [0.2, 0.25) is 5.02 Å². The molecule has 0 saturated heterocycles. The zero-order valence-electron chi connectivity index (χ0n) is 23.6. The minimum absolute atomic E-state index is 0.00268. The van der Waals surface area contributed by atoms with Gasteiger partial charge >= 0.3 is 0 Å². The summed E-state index contributed by atoms with van der Waals surface area (Å²) in [6.45, 7) is 4.03. The number of carbonyl (C=O) groups is 2. The minimum Gasteiger partial charge on any atom is -0.352 e. The highest BCUT2D eigenvalue weighted by atomic mass is 35.5. The number of benzene rings is 3. The van der Waals surface area contributed by atoms with Crippen molar-refractivity contribution in [1.82, 2.24) is 10.2 Å². The van der Waals surface area contributed by atoms with Gasteiger partial charge in [-0.3, -0.25) is 13.9 Å². The molecule has 2 unspecified atom stereocenters. The van der Waals surface area contributed by atoms with Crippen molar-refractivity contribution in [1.29, 1.82) is 0 Å². The quantitative estimate of drug-likeness (QED) is 0.261. The molecule has 0 aliphatic rings. The number of rotatable bonds is 14. The zero-order valence-corrected chi connectivity index (χ0v) is 25.2. The van der Waals surface area contributed by atoms with Crippen LogP contribution in [-0.2, 0) is 32.6 Å². The lowest BCUT2D eigenvalue weighted by molar-refractivity contribution is -0.141. The summed E-state index contributed by atoms with van der Waals surface area (Å²) < 4.78 is 40.0. The third kappa shape index (κ3) is 9.86. The number of nitrogens with one attached hydrogen (secondary N) is 1. The lowest BCUT2D eigenvalue weighted by Gasteiger charge is -2.32. The van der Waals surface area contributed by atoms with Crippen LogP contribution < -0.4 is 9.62 Å². The lowest BCUT2D eigenvalue weighted by Crippen LogP contribution is -2.52. The standard InChI is InChI=1S/C31H37ClFN3O4S/c1-4-23(2)34-31(38)29(21-24-9-6-5-7-10-24)35(22-25-12-16-27(33)17-13-25)30(37)11-8-20-36(41(3,39)40)28-18-14-26(32)15-19-28/h5-7,9-10,12-19,23,29H,4,8,11,20-22H2,1-3H3,(H,34,38). The fourth-order valence-electron chi connectivity index (χ4n) is 4.39. The number of hydrogen-bond donors (Lipinski definition) is 1. The van der Waals surface area contributed by atoms with E-state index in [0.29, 0.717) is 16.3 Å². The Labute approximate surface area is 247 Å². The average Bonchev–Trinajstić information content (AvgIpc) is 2.94. The lowest BCUT2D eigenvalue weighted by atomic mass is 10.0. The molecule has 3 rings (SSSR count). The van der Waals surface area contributed by atoms with E-state index >= 15 is 0 Å². The van der Waals surface area contributed by atoms with Gasteiger partial charge in [0.2, 0.25) is 21.8 Å². The Morgan fingerprint density at radius 3 is 2.17 bits per heavy atom. The molecule has 10 heteroatoms. The molecule has 0 aromatic heterocycles. The first-order chi connectivity index (χ1) is 19.5. The van der Waals surface area contributed by atoms with Gasteiger partial charge in [-0.2, -0.15) is 0 Å². The largest absolute Gasteiger partial charge is 0.352 e. The number of anilines is 1. The van der Waals surface area contributed by atoms with Gasteiger partial charge in [-0.05, 0) is 67.3 Å². The molecule has 0 aliphatic heterocycles. The van der Waals surface area contributed by atoms with Gasteiger partial charge in [0.1, 0.15) is 11.9 Å². The summed E-state index contributed by atoms with van der Waals surface area (Å²) in [5, 5.41) is 3.49. The highest BCUT2D eigenvalue weighted by Gasteiger charge is 2.31. The van der Waals surface area contributed by atoms with Crippen LogP contribution in [0.25, 0.3) is 0 Å². The summed E-state index contributed by atoms with van der Waals surface area (Å²) in [5.74, 6) is -0.984. The van der Waals surface area contributed by atoms with Crippen LogP contribution in [0.15, 0.2) is 78.9 Å². The van der Waals surface area contributed by atoms with Gasteiger partial charge in [-0.15, -0.1) is 0 Å². The van der Waals surface area contributed by atoms with Crippen molar-refractivity contribution in [2.24, 2.45) is 0 Å². The van der Waals surface area contributed by atoms with E-state index in [9.17, 15) is 22.4 Å². The molecule has 0 bridgehead atoms. The number of hydrogen-bond acceptors (Lipinski definition) is 4. The van der Waals surface area contributed by atoms with Crippen LogP contribution in [0.1, 0.15) is 44.2 Å². The fourth-order valence-corrected chi connectivity index (χ4v) is 5.48. The van der Waals surface area contributed by atoms with Crippen LogP contribution >= 0.6 is 11.6 Å². The SMILES string of the molecule is CCC(C)NC(=O)C(Cc1ccccc1)N(Cc1ccc(F)cc1)C(=O)CCCN(c1ccc(Cl)cc1)S(C)(=O)=O. The van der Waals surface area contributed by atoms with Gasteiger partial charge in [0.15, 0.2) is 0 Å². The fraction of sp³-hybridized carbons (Fsp3) is 0.355. The number of sulfonamides is 1. The van der Waals surface area contributed by atoms with Crippen LogP contribution in [0.4, 0.5) is 10.1 Å². The maximum atomic E-state index is 13.8. The number of amides is 2.